The van der Waals surface area contributed by atoms with E-state index in [1.165, 1.54) is 5.69 Å². The van der Waals surface area contributed by atoms with Gasteiger partial charge in [0.05, 0.1) is 5.69 Å². The maximum absolute atomic E-state index is 4.54. The number of hydrogen-bond donors (Lipinski definition) is 0. The molecule has 3 rings (SSSR count). The molecule has 1 aliphatic heterocycles. The third-order valence-electron chi connectivity index (χ3n) is 2.94. The molecule has 4 nitrogen and oxygen atoms in total. The highest BCUT2D eigenvalue weighted by Gasteiger charge is 2.27. The lowest BCUT2D eigenvalue weighted by atomic mass is 9.98. The summed E-state index contributed by atoms with van der Waals surface area (Å²) < 4.78 is 2.02. The second kappa shape index (κ2) is 3.03. The van der Waals surface area contributed by atoms with Gasteiger partial charge in [-0.25, -0.2) is 9.97 Å². The van der Waals surface area contributed by atoms with E-state index in [0.717, 1.165) is 24.4 Å². The first kappa shape index (κ1) is 8.85. The van der Waals surface area contributed by atoms with E-state index in [0.29, 0.717) is 5.92 Å². The van der Waals surface area contributed by atoms with Crippen molar-refractivity contribution in [2.45, 2.75) is 12.8 Å². The quantitative estimate of drug-likeness (QED) is 0.693. The standard InChI is InChI=1S/C11H14N4/c1-8-3-12-11-13-10(7-15(11)4-8)9-5-14(2)6-9/h3-4,7,9H,5-6H2,1-2H3. The monoisotopic (exact) mass is 202 g/mol. The van der Waals surface area contributed by atoms with Crippen molar-refractivity contribution in [1.82, 2.24) is 19.3 Å². The van der Waals surface area contributed by atoms with E-state index in [9.17, 15) is 0 Å². The average Bonchev–Trinajstić information content (AvgIpc) is 2.55. The normalized spacial score (nSPS) is 18.3. The zero-order valence-electron chi connectivity index (χ0n) is 9.01. The van der Waals surface area contributed by atoms with Crippen LogP contribution in [-0.4, -0.2) is 39.4 Å². The molecule has 1 fully saturated rings. The van der Waals surface area contributed by atoms with Crippen molar-refractivity contribution in [2.24, 2.45) is 0 Å². The Morgan fingerprint density at radius 1 is 1.33 bits per heavy atom. The molecule has 0 spiro atoms. The highest BCUT2D eigenvalue weighted by Crippen LogP contribution is 2.24. The Balaban J connectivity index is 1.99. The topological polar surface area (TPSA) is 33.4 Å². The summed E-state index contributed by atoms with van der Waals surface area (Å²) in [5, 5.41) is 0. The SMILES string of the molecule is Cc1cnc2nc(C3CN(C)C3)cn2c1. The molecule has 78 valence electrons. The summed E-state index contributed by atoms with van der Waals surface area (Å²) in [4.78, 5) is 11.1. The first-order valence-electron chi connectivity index (χ1n) is 5.22. The molecule has 0 atom stereocenters. The second-order valence-electron chi connectivity index (χ2n) is 4.42. The summed E-state index contributed by atoms with van der Waals surface area (Å²) in [5.74, 6) is 1.40. The molecule has 0 amide bonds. The van der Waals surface area contributed by atoms with Crippen LogP contribution in [0.25, 0.3) is 5.78 Å². The number of nitrogens with zero attached hydrogens (tertiary/aromatic N) is 4. The van der Waals surface area contributed by atoms with Gasteiger partial charge in [0.25, 0.3) is 0 Å². The molecule has 0 aromatic carbocycles. The van der Waals surface area contributed by atoms with E-state index >= 15 is 0 Å². The summed E-state index contributed by atoms with van der Waals surface area (Å²) in [6.07, 6.45) is 6.03. The Morgan fingerprint density at radius 3 is 2.87 bits per heavy atom. The van der Waals surface area contributed by atoms with Gasteiger partial charge in [-0.2, -0.15) is 0 Å². The van der Waals surface area contributed by atoms with Gasteiger partial charge in [0, 0.05) is 37.6 Å². The Bertz CT molecular complexity index is 496. The highest BCUT2D eigenvalue weighted by molar-refractivity contribution is 5.33. The summed E-state index contributed by atoms with van der Waals surface area (Å²) >= 11 is 0. The number of likely N-dealkylation sites (N-methyl/N-ethyl adjacent to an activating group) is 1. The molecule has 4 heteroatoms. The second-order valence-corrected chi connectivity index (χ2v) is 4.42. The Morgan fingerprint density at radius 2 is 2.13 bits per heavy atom. The minimum atomic E-state index is 0.594. The zero-order chi connectivity index (χ0) is 10.4. The van der Waals surface area contributed by atoms with Gasteiger partial charge in [0.15, 0.2) is 0 Å². The minimum absolute atomic E-state index is 0.594. The number of aryl methyl sites for hydroxylation is 1. The molecule has 0 radical (unpaired) electrons. The average molecular weight is 202 g/mol. The van der Waals surface area contributed by atoms with Crippen LogP contribution in [0.3, 0.4) is 0 Å². The van der Waals surface area contributed by atoms with E-state index in [4.69, 9.17) is 0 Å². The fourth-order valence-electron chi connectivity index (χ4n) is 2.09. The van der Waals surface area contributed by atoms with Crippen molar-refractivity contribution < 1.29 is 0 Å². The fourth-order valence-corrected chi connectivity index (χ4v) is 2.09. The van der Waals surface area contributed by atoms with Crippen molar-refractivity contribution in [3.05, 3.63) is 29.8 Å². The molecule has 2 aromatic rings. The van der Waals surface area contributed by atoms with Gasteiger partial charge in [0.2, 0.25) is 5.78 Å². The predicted molar refractivity (Wildman–Crippen MR) is 58.0 cm³/mol. The Kier molecular flexibility index (Phi) is 1.79. The van der Waals surface area contributed by atoms with Crippen molar-refractivity contribution in [1.29, 1.82) is 0 Å². The first-order valence-corrected chi connectivity index (χ1v) is 5.22. The third-order valence-corrected chi connectivity index (χ3v) is 2.94. The van der Waals surface area contributed by atoms with Gasteiger partial charge in [0.1, 0.15) is 0 Å². The maximum atomic E-state index is 4.54. The summed E-state index contributed by atoms with van der Waals surface area (Å²) in [6, 6.07) is 0. The van der Waals surface area contributed by atoms with Gasteiger partial charge in [-0.1, -0.05) is 0 Å². The van der Waals surface area contributed by atoms with Gasteiger partial charge >= 0.3 is 0 Å². The molecular weight excluding hydrogens is 188 g/mol. The van der Waals surface area contributed by atoms with E-state index in [-0.39, 0.29) is 0 Å². The largest absolute Gasteiger partial charge is 0.305 e. The molecule has 0 saturated carbocycles. The molecule has 0 bridgehead atoms. The highest BCUT2D eigenvalue weighted by atomic mass is 15.2. The maximum Gasteiger partial charge on any atom is 0.233 e. The number of fused-ring (bicyclic) bond motifs is 1. The zero-order valence-corrected chi connectivity index (χ0v) is 9.01. The number of hydrogen-bond acceptors (Lipinski definition) is 3. The molecule has 1 saturated heterocycles. The lowest BCUT2D eigenvalue weighted by Crippen LogP contribution is -2.41. The van der Waals surface area contributed by atoms with Gasteiger partial charge in [-0.15, -0.1) is 0 Å². The third kappa shape index (κ3) is 1.41. The van der Waals surface area contributed by atoms with Crippen LogP contribution in [0, 0.1) is 6.92 Å². The van der Waals surface area contributed by atoms with Crippen LogP contribution in [0.4, 0.5) is 0 Å². The smallest absolute Gasteiger partial charge is 0.233 e. The molecule has 0 aliphatic carbocycles. The van der Waals surface area contributed by atoms with Crippen LogP contribution in [0.15, 0.2) is 18.6 Å². The number of rotatable bonds is 1. The molecule has 0 unspecified atom stereocenters. The summed E-state index contributed by atoms with van der Waals surface area (Å²) in [6.45, 7) is 4.27. The number of likely N-dealkylation sites (tertiary alicyclic amines) is 1. The minimum Gasteiger partial charge on any atom is -0.305 e. The number of aromatic nitrogens is 3. The van der Waals surface area contributed by atoms with Crippen molar-refractivity contribution in [3.63, 3.8) is 0 Å². The summed E-state index contributed by atoms with van der Waals surface area (Å²) in [5.41, 5.74) is 2.34. The molecular formula is C11H14N4. The van der Waals surface area contributed by atoms with Crippen LogP contribution < -0.4 is 0 Å². The van der Waals surface area contributed by atoms with E-state index in [1.54, 1.807) is 0 Å². The van der Waals surface area contributed by atoms with Gasteiger partial charge < -0.3 is 4.90 Å². The van der Waals surface area contributed by atoms with Crippen LogP contribution >= 0.6 is 0 Å². The molecule has 2 aromatic heterocycles. The lowest BCUT2D eigenvalue weighted by Gasteiger charge is -2.34. The molecule has 0 N–H and O–H groups in total. The predicted octanol–water partition coefficient (Wildman–Crippen LogP) is 1.07. The van der Waals surface area contributed by atoms with E-state index < -0.39 is 0 Å². The summed E-state index contributed by atoms with van der Waals surface area (Å²) in [7, 11) is 2.13. The van der Waals surface area contributed by atoms with Crippen molar-refractivity contribution in [2.75, 3.05) is 20.1 Å². The van der Waals surface area contributed by atoms with E-state index in [1.807, 2.05) is 17.5 Å². The molecule has 15 heavy (non-hydrogen) atoms. The molecule has 1 aliphatic rings. The first-order chi connectivity index (χ1) is 7.22. The van der Waals surface area contributed by atoms with E-state index in [2.05, 4.69) is 34.3 Å². The van der Waals surface area contributed by atoms with Gasteiger partial charge in [-0.05, 0) is 19.5 Å². The van der Waals surface area contributed by atoms with Crippen molar-refractivity contribution in [3.8, 4) is 0 Å². The Labute approximate surface area is 88.6 Å². The Hall–Kier alpha value is -1.42. The van der Waals surface area contributed by atoms with Crippen LogP contribution in [-0.2, 0) is 0 Å². The number of imidazole rings is 1. The lowest BCUT2D eigenvalue weighted by molar-refractivity contribution is 0.187. The van der Waals surface area contributed by atoms with Crippen LogP contribution in [0.5, 0.6) is 0 Å². The fraction of sp³-hybridized carbons (Fsp3) is 0.455. The molecule has 3 heterocycles. The van der Waals surface area contributed by atoms with Crippen molar-refractivity contribution >= 4 is 5.78 Å². The van der Waals surface area contributed by atoms with Gasteiger partial charge in [-0.3, -0.25) is 4.40 Å². The van der Waals surface area contributed by atoms with Crippen LogP contribution in [0.1, 0.15) is 17.2 Å². The van der Waals surface area contributed by atoms with Crippen LogP contribution in [0.2, 0.25) is 0 Å².